The highest BCUT2D eigenvalue weighted by Crippen LogP contribution is 2.28. The molecule has 2 aromatic carbocycles. The lowest BCUT2D eigenvalue weighted by atomic mass is 10.0. The quantitative estimate of drug-likeness (QED) is 0.312. The van der Waals surface area contributed by atoms with Crippen molar-refractivity contribution in [3.05, 3.63) is 74.5 Å². The normalized spacial score (nSPS) is 12.2. The molecular formula is C23H25Cl3N4OS. The Balaban J connectivity index is 1.82. The zero-order chi connectivity index (χ0) is 23.3. The molecule has 3 rings (SSSR count). The lowest BCUT2D eigenvalue weighted by Crippen LogP contribution is -2.31. The number of carbonyl (C=O) groups excluding carboxylic acids is 1. The van der Waals surface area contributed by atoms with Gasteiger partial charge >= 0.3 is 0 Å². The van der Waals surface area contributed by atoms with Crippen LogP contribution in [0.5, 0.6) is 0 Å². The van der Waals surface area contributed by atoms with Crippen LogP contribution in [-0.4, -0.2) is 20.7 Å². The van der Waals surface area contributed by atoms with Crippen molar-refractivity contribution in [2.24, 2.45) is 5.92 Å². The largest absolute Gasteiger partial charge is 0.342 e. The molecule has 3 aromatic rings. The first kappa shape index (κ1) is 24.9. The molecule has 1 heterocycles. The van der Waals surface area contributed by atoms with E-state index in [2.05, 4.69) is 33.9 Å². The van der Waals surface area contributed by atoms with Gasteiger partial charge in [0.15, 0.2) is 11.0 Å². The first-order valence-corrected chi connectivity index (χ1v) is 12.5. The van der Waals surface area contributed by atoms with Crippen LogP contribution in [-0.2, 0) is 12.3 Å². The van der Waals surface area contributed by atoms with Crippen LogP contribution in [0, 0.1) is 5.92 Å². The zero-order valence-corrected chi connectivity index (χ0v) is 21.2. The summed E-state index contributed by atoms with van der Waals surface area (Å²) >= 11 is 19.8. The fraction of sp³-hybridized carbons (Fsp3) is 0.348. The summed E-state index contributed by atoms with van der Waals surface area (Å²) in [4.78, 5) is 13.0. The predicted octanol–water partition coefficient (Wildman–Crippen LogP) is 7.07. The molecule has 0 spiro atoms. The Bertz CT molecular complexity index is 1070. The van der Waals surface area contributed by atoms with E-state index in [1.807, 2.05) is 31.2 Å². The molecule has 0 bridgehead atoms. The molecule has 1 aromatic heterocycles. The predicted molar refractivity (Wildman–Crippen MR) is 133 cm³/mol. The van der Waals surface area contributed by atoms with Gasteiger partial charge in [0.2, 0.25) is 0 Å². The molecule has 32 heavy (non-hydrogen) atoms. The molecule has 1 N–H and O–H groups in total. The van der Waals surface area contributed by atoms with E-state index in [-0.39, 0.29) is 11.9 Å². The van der Waals surface area contributed by atoms with E-state index in [4.69, 9.17) is 34.8 Å². The smallest absolute Gasteiger partial charge is 0.253 e. The van der Waals surface area contributed by atoms with E-state index in [9.17, 15) is 4.79 Å². The van der Waals surface area contributed by atoms with Gasteiger partial charge in [-0.1, -0.05) is 72.5 Å². The van der Waals surface area contributed by atoms with Crippen LogP contribution in [0.2, 0.25) is 15.1 Å². The van der Waals surface area contributed by atoms with Gasteiger partial charge in [-0.2, -0.15) is 0 Å². The van der Waals surface area contributed by atoms with Gasteiger partial charge in [-0.15, -0.1) is 10.2 Å². The Morgan fingerprint density at radius 3 is 2.38 bits per heavy atom. The Kier molecular flexibility index (Phi) is 8.88. The molecule has 0 fully saturated rings. The number of thioether (sulfide) groups is 1. The van der Waals surface area contributed by atoms with Gasteiger partial charge in [0.05, 0.1) is 16.6 Å². The van der Waals surface area contributed by atoms with Crippen molar-refractivity contribution < 1.29 is 4.79 Å². The summed E-state index contributed by atoms with van der Waals surface area (Å²) < 4.78 is 2.05. The van der Waals surface area contributed by atoms with Gasteiger partial charge in [0.1, 0.15) is 0 Å². The molecule has 0 saturated heterocycles. The standard InChI is InChI=1S/C23H25Cl3N4OS/c1-4-30-21(28-29-23(30)32-13-15-5-7-16(24)8-6-15)20(11-14(2)3)27-22(31)18-10-9-17(25)12-19(18)26/h5-10,12,14,20H,4,11,13H2,1-3H3,(H,27,31)/t20-/m0/s1. The monoisotopic (exact) mass is 510 g/mol. The maximum atomic E-state index is 13.0. The molecule has 0 aliphatic carbocycles. The molecule has 0 unspecified atom stereocenters. The van der Waals surface area contributed by atoms with Crippen molar-refractivity contribution >= 4 is 52.5 Å². The first-order chi connectivity index (χ1) is 15.3. The van der Waals surface area contributed by atoms with Gasteiger partial charge in [-0.25, -0.2) is 0 Å². The average molecular weight is 512 g/mol. The summed E-state index contributed by atoms with van der Waals surface area (Å²) in [6.45, 7) is 6.95. The highest BCUT2D eigenvalue weighted by molar-refractivity contribution is 7.98. The molecule has 170 valence electrons. The zero-order valence-electron chi connectivity index (χ0n) is 18.1. The van der Waals surface area contributed by atoms with Crippen LogP contribution in [0.15, 0.2) is 47.6 Å². The Morgan fingerprint density at radius 1 is 1.06 bits per heavy atom. The third kappa shape index (κ3) is 6.41. The van der Waals surface area contributed by atoms with Crippen molar-refractivity contribution in [2.45, 2.75) is 50.7 Å². The van der Waals surface area contributed by atoms with Gasteiger partial charge in [0.25, 0.3) is 5.91 Å². The topological polar surface area (TPSA) is 59.8 Å². The summed E-state index contributed by atoms with van der Waals surface area (Å²) in [5.41, 5.74) is 1.53. The highest BCUT2D eigenvalue weighted by Gasteiger charge is 2.25. The number of carbonyl (C=O) groups is 1. The third-order valence-corrected chi connectivity index (χ3v) is 6.68. The minimum Gasteiger partial charge on any atom is -0.342 e. The Labute approximate surface area is 207 Å². The molecule has 0 radical (unpaired) electrons. The lowest BCUT2D eigenvalue weighted by molar-refractivity contribution is 0.0929. The second-order valence-corrected chi connectivity index (χ2v) is 10.0. The number of rotatable bonds is 9. The van der Waals surface area contributed by atoms with Crippen LogP contribution in [0.3, 0.4) is 0 Å². The Morgan fingerprint density at radius 2 is 1.75 bits per heavy atom. The van der Waals surface area contributed by atoms with E-state index in [0.29, 0.717) is 33.1 Å². The minimum absolute atomic E-state index is 0.265. The van der Waals surface area contributed by atoms with Crippen molar-refractivity contribution in [3.8, 4) is 0 Å². The number of hydrogen-bond acceptors (Lipinski definition) is 4. The molecular weight excluding hydrogens is 487 g/mol. The molecule has 0 saturated carbocycles. The number of nitrogens with one attached hydrogen (secondary N) is 1. The lowest BCUT2D eigenvalue weighted by Gasteiger charge is -2.21. The summed E-state index contributed by atoms with van der Waals surface area (Å²) in [6.07, 6.45) is 0.719. The SMILES string of the molecule is CCn1c(SCc2ccc(Cl)cc2)nnc1[C@H](CC(C)C)NC(=O)c1ccc(Cl)cc1Cl. The second-order valence-electron chi connectivity index (χ2n) is 7.78. The summed E-state index contributed by atoms with van der Waals surface area (Å²) in [7, 11) is 0. The molecule has 1 amide bonds. The average Bonchev–Trinajstić information content (AvgIpc) is 3.15. The van der Waals surface area contributed by atoms with Gasteiger partial charge in [-0.05, 0) is 55.2 Å². The Hall–Kier alpha value is -1.73. The fourth-order valence-electron chi connectivity index (χ4n) is 3.30. The summed E-state index contributed by atoms with van der Waals surface area (Å²) in [6, 6.07) is 12.3. The molecule has 0 aliphatic heterocycles. The van der Waals surface area contributed by atoms with Crippen molar-refractivity contribution in [3.63, 3.8) is 0 Å². The van der Waals surface area contributed by atoms with Gasteiger partial charge in [-0.3, -0.25) is 4.79 Å². The first-order valence-electron chi connectivity index (χ1n) is 10.3. The van der Waals surface area contributed by atoms with Crippen LogP contribution < -0.4 is 5.32 Å². The van der Waals surface area contributed by atoms with E-state index >= 15 is 0 Å². The summed E-state index contributed by atoms with van der Waals surface area (Å²) in [5, 5.41) is 14.3. The second kappa shape index (κ2) is 11.4. The number of aromatic nitrogens is 3. The van der Waals surface area contributed by atoms with Crippen molar-refractivity contribution in [1.29, 1.82) is 0 Å². The number of nitrogens with zero attached hydrogens (tertiary/aromatic N) is 3. The molecule has 9 heteroatoms. The minimum atomic E-state index is -0.299. The van der Waals surface area contributed by atoms with Gasteiger partial charge < -0.3 is 9.88 Å². The summed E-state index contributed by atoms with van der Waals surface area (Å²) in [5.74, 6) is 1.56. The number of amides is 1. The van der Waals surface area contributed by atoms with E-state index in [1.54, 1.807) is 30.0 Å². The highest BCUT2D eigenvalue weighted by atomic mass is 35.5. The number of hydrogen-bond donors (Lipinski definition) is 1. The molecule has 1 atom stereocenters. The van der Waals surface area contributed by atoms with E-state index < -0.39 is 0 Å². The van der Waals surface area contributed by atoms with Crippen LogP contribution in [0.25, 0.3) is 0 Å². The number of halogens is 3. The van der Waals surface area contributed by atoms with E-state index in [1.165, 1.54) is 0 Å². The molecule has 0 aliphatic rings. The molecule has 5 nitrogen and oxygen atoms in total. The van der Waals surface area contributed by atoms with Crippen LogP contribution in [0.1, 0.15) is 55.0 Å². The van der Waals surface area contributed by atoms with Crippen molar-refractivity contribution in [1.82, 2.24) is 20.1 Å². The van der Waals surface area contributed by atoms with Gasteiger partial charge in [0, 0.05) is 22.3 Å². The third-order valence-electron chi connectivity index (χ3n) is 4.84. The number of benzene rings is 2. The van der Waals surface area contributed by atoms with Crippen LogP contribution >= 0.6 is 46.6 Å². The van der Waals surface area contributed by atoms with E-state index in [0.717, 1.165) is 28.7 Å². The van der Waals surface area contributed by atoms with Crippen LogP contribution in [0.4, 0.5) is 0 Å². The fourth-order valence-corrected chi connectivity index (χ4v) is 4.89. The maximum Gasteiger partial charge on any atom is 0.253 e. The van der Waals surface area contributed by atoms with Crippen molar-refractivity contribution in [2.75, 3.05) is 0 Å². The maximum absolute atomic E-state index is 13.0.